The second kappa shape index (κ2) is 5.68. The molecule has 100 valence electrons. The second-order valence-electron chi connectivity index (χ2n) is 6.17. The molecule has 0 aromatic rings. The highest BCUT2D eigenvalue weighted by atomic mass is 15.2. The van der Waals surface area contributed by atoms with Crippen molar-refractivity contribution in [3.05, 3.63) is 0 Å². The molecule has 0 bridgehead atoms. The third-order valence-electron chi connectivity index (χ3n) is 5.20. The molecule has 2 aliphatic rings. The van der Waals surface area contributed by atoms with Gasteiger partial charge in [-0.15, -0.1) is 0 Å². The van der Waals surface area contributed by atoms with E-state index >= 15 is 0 Å². The van der Waals surface area contributed by atoms with Crippen LogP contribution in [0.3, 0.4) is 0 Å². The van der Waals surface area contributed by atoms with Gasteiger partial charge in [-0.1, -0.05) is 6.42 Å². The van der Waals surface area contributed by atoms with Crippen LogP contribution in [0.1, 0.15) is 39.0 Å². The third-order valence-corrected chi connectivity index (χ3v) is 5.20. The Labute approximate surface area is 106 Å². The minimum absolute atomic E-state index is 0.730. The van der Waals surface area contributed by atoms with Crippen LogP contribution in [0.2, 0.25) is 0 Å². The first-order chi connectivity index (χ1) is 8.13. The van der Waals surface area contributed by atoms with Gasteiger partial charge in [0.1, 0.15) is 0 Å². The maximum atomic E-state index is 5.91. The van der Waals surface area contributed by atoms with E-state index in [0.717, 1.165) is 30.6 Å². The lowest BCUT2D eigenvalue weighted by atomic mass is 9.94. The van der Waals surface area contributed by atoms with Crippen molar-refractivity contribution in [2.75, 3.05) is 27.2 Å². The molecule has 0 amide bonds. The molecule has 3 heteroatoms. The van der Waals surface area contributed by atoms with Crippen LogP contribution in [0.5, 0.6) is 0 Å². The molecule has 1 aliphatic carbocycles. The van der Waals surface area contributed by atoms with Crippen molar-refractivity contribution >= 4 is 0 Å². The zero-order valence-corrected chi connectivity index (χ0v) is 11.7. The lowest BCUT2D eigenvalue weighted by Gasteiger charge is -2.43. The Bertz CT molecular complexity index is 244. The normalized spacial score (nSPS) is 40.1. The number of nitrogens with zero attached hydrogens (tertiary/aromatic N) is 2. The minimum Gasteiger partial charge on any atom is -0.330 e. The molecule has 1 heterocycles. The van der Waals surface area contributed by atoms with Crippen LogP contribution in [0.15, 0.2) is 0 Å². The first-order valence-electron chi connectivity index (χ1n) is 7.25. The highest BCUT2D eigenvalue weighted by Gasteiger charge is 2.34. The van der Waals surface area contributed by atoms with Crippen LogP contribution in [0, 0.1) is 5.92 Å². The van der Waals surface area contributed by atoms with E-state index in [0.29, 0.717) is 0 Å². The van der Waals surface area contributed by atoms with Gasteiger partial charge in [-0.05, 0) is 65.7 Å². The van der Waals surface area contributed by atoms with Gasteiger partial charge in [0.2, 0.25) is 0 Å². The van der Waals surface area contributed by atoms with Crippen molar-refractivity contribution in [1.82, 2.24) is 9.80 Å². The lowest BCUT2D eigenvalue weighted by molar-refractivity contribution is 0.0658. The quantitative estimate of drug-likeness (QED) is 0.810. The summed E-state index contributed by atoms with van der Waals surface area (Å²) in [5, 5.41) is 0. The molecule has 0 aromatic heterocycles. The number of nitrogens with two attached hydrogens (primary N) is 1. The van der Waals surface area contributed by atoms with E-state index < -0.39 is 0 Å². The predicted molar refractivity (Wildman–Crippen MR) is 73.1 cm³/mol. The van der Waals surface area contributed by atoms with Crippen LogP contribution in [-0.4, -0.2) is 55.1 Å². The van der Waals surface area contributed by atoms with E-state index in [9.17, 15) is 0 Å². The number of rotatable bonds is 3. The molecule has 0 radical (unpaired) electrons. The Morgan fingerprint density at radius 1 is 1.29 bits per heavy atom. The fraction of sp³-hybridized carbons (Fsp3) is 1.00. The summed E-state index contributed by atoms with van der Waals surface area (Å²) in [6.07, 6.45) is 6.72. The summed E-state index contributed by atoms with van der Waals surface area (Å²) in [4.78, 5) is 5.15. The molecule has 0 aromatic carbocycles. The molecule has 3 nitrogen and oxygen atoms in total. The van der Waals surface area contributed by atoms with Gasteiger partial charge < -0.3 is 15.5 Å². The Kier molecular flexibility index (Phi) is 4.45. The lowest BCUT2D eigenvalue weighted by Crippen LogP contribution is -2.50. The van der Waals surface area contributed by atoms with E-state index in [1.54, 1.807) is 0 Å². The summed E-state index contributed by atoms with van der Waals surface area (Å²) in [6.45, 7) is 4.47. The van der Waals surface area contributed by atoms with Crippen LogP contribution in [0.4, 0.5) is 0 Å². The maximum Gasteiger partial charge on any atom is 0.0135 e. The van der Waals surface area contributed by atoms with Crippen molar-refractivity contribution in [1.29, 1.82) is 0 Å². The van der Waals surface area contributed by atoms with Crippen LogP contribution >= 0.6 is 0 Å². The monoisotopic (exact) mass is 239 g/mol. The van der Waals surface area contributed by atoms with Crippen molar-refractivity contribution in [3.8, 4) is 0 Å². The molecule has 17 heavy (non-hydrogen) atoms. The Morgan fingerprint density at radius 3 is 2.71 bits per heavy atom. The third kappa shape index (κ3) is 2.83. The predicted octanol–water partition coefficient (Wildman–Crippen LogP) is 1.53. The maximum absolute atomic E-state index is 5.91. The van der Waals surface area contributed by atoms with E-state index in [4.69, 9.17) is 5.73 Å². The summed E-state index contributed by atoms with van der Waals surface area (Å²) in [7, 11) is 4.58. The molecule has 1 saturated carbocycles. The fourth-order valence-corrected chi connectivity index (χ4v) is 3.73. The Morgan fingerprint density at radius 2 is 2.06 bits per heavy atom. The molecule has 1 aliphatic heterocycles. The van der Waals surface area contributed by atoms with E-state index in [1.165, 1.54) is 38.6 Å². The van der Waals surface area contributed by atoms with Crippen LogP contribution in [0.25, 0.3) is 0 Å². The summed E-state index contributed by atoms with van der Waals surface area (Å²) in [5.74, 6) is 0.745. The highest BCUT2D eigenvalue weighted by Crippen LogP contribution is 2.32. The average molecular weight is 239 g/mol. The first-order valence-corrected chi connectivity index (χ1v) is 7.25. The molecule has 0 spiro atoms. The Balaban J connectivity index is 1.93. The summed E-state index contributed by atoms with van der Waals surface area (Å²) < 4.78 is 0. The molecule has 1 saturated heterocycles. The van der Waals surface area contributed by atoms with Crippen LogP contribution < -0.4 is 5.73 Å². The van der Waals surface area contributed by atoms with Gasteiger partial charge in [-0.3, -0.25) is 0 Å². The first kappa shape index (κ1) is 13.3. The fourth-order valence-electron chi connectivity index (χ4n) is 3.73. The molecule has 4 unspecified atom stereocenters. The Hall–Kier alpha value is -0.120. The molecule has 2 N–H and O–H groups in total. The molecule has 4 atom stereocenters. The topological polar surface area (TPSA) is 32.5 Å². The standard InChI is InChI=1S/C14H29N3/c1-11-9-13(7-8-16(11)2)17(3)14-6-4-5-12(14)10-15/h11-14H,4-10,15H2,1-3H3. The van der Waals surface area contributed by atoms with E-state index in [-0.39, 0.29) is 0 Å². The molecular formula is C14H29N3. The summed E-state index contributed by atoms with van der Waals surface area (Å²) in [6, 6.07) is 2.26. The van der Waals surface area contributed by atoms with Crippen molar-refractivity contribution in [2.24, 2.45) is 11.7 Å². The van der Waals surface area contributed by atoms with Gasteiger partial charge in [-0.25, -0.2) is 0 Å². The van der Waals surface area contributed by atoms with Gasteiger partial charge >= 0.3 is 0 Å². The molecule has 2 fully saturated rings. The summed E-state index contributed by atoms with van der Waals surface area (Å²) >= 11 is 0. The van der Waals surface area contributed by atoms with Crippen molar-refractivity contribution < 1.29 is 0 Å². The number of piperidine rings is 1. The minimum atomic E-state index is 0.730. The average Bonchev–Trinajstić information content (AvgIpc) is 2.80. The van der Waals surface area contributed by atoms with Gasteiger partial charge in [0.05, 0.1) is 0 Å². The van der Waals surface area contributed by atoms with Crippen LogP contribution in [-0.2, 0) is 0 Å². The van der Waals surface area contributed by atoms with Gasteiger partial charge in [0.25, 0.3) is 0 Å². The molecular weight excluding hydrogens is 210 g/mol. The van der Waals surface area contributed by atoms with Gasteiger partial charge in [0.15, 0.2) is 0 Å². The van der Waals surface area contributed by atoms with Gasteiger partial charge in [-0.2, -0.15) is 0 Å². The number of hydrogen-bond donors (Lipinski definition) is 1. The largest absolute Gasteiger partial charge is 0.330 e. The van der Waals surface area contributed by atoms with Gasteiger partial charge in [0, 0.05) is 18.1 Å². The second-order valence-corrected chi connectivity index (χ2v) is 6.17. The zero-order chi connectivity index (χ0) is 12.4. The van der Waals surface area contributed by atoms with Crippen molar-refractivity contribution in [2.45, 2.75) is 57.2 Å². The number of likely N-dealkylation sites (tertiary alicyclic amines) is 1. The number of hydrogen-bond acceptors (Lipinski definition) is 3. The van der Waals surface area contributed by atoms with E-state index in [1.807, 2.05) is 0 Å². The van der Waals surface area contributed by atoms with E-state index in [2.05, 4.69) is 30.8 Å². The molecule has 2 rings (SSSR count). The SMILES string of the molecule is CC1CC(N(C)C2CCCC2CN)CCN1C. The highest BCUT2D eigenvalue weighted by molar-refractivity contribution is 4.90. The van der Waals surface area contributed by atoms with Crippen molar-refractivity contribution in [3.63, 3.8) is 0 Å². The zero-order valence-electron chi connectivity index (χ0n) is 11.7. The summed E-state index contributed by atoms with van der Waals surface area (Å²) in [5.41, 5.74) is 5.91. The smallest absolute Gasteiger partial charge is 0.0135 e.